The number of nitrogens with zero attached hydrogens (tertiary/aromatic N) is 3. The van der Waals surface area contributed by atoms with Crippen LogP contribution in [0.3, 0.4) is 0 Å². The Morgan fingerprint density at radius 1 is 0.872 bits per heavy atom. The van der Waals surface area contributed by atoms with Crippen LogP contribution in [0.4, 0.5) is 17.1 Å². The number of amides is 1. The van der Waals surface area contributed by atoms with Gasteiger partial charge in [0.2, 0.25) is 0 Å². The van der Waals surface area contributed by atoms with E-state index < -0.39 is 0 Å². The molecule has 0 atom stereocenters. The standard InChI is InChI=1S/C31H28N6OS/c38-30(36-16-15-23-6-4-5-7-24(23)21-36)28-20-33-37-17-14-22(18-29(28)37)19-32-31(39)35-27-12-10-26(11-13-27)34-25-8-2-1-3-9-25/h1-14,17-18,20,34H,15-16,19,21H2,(H2,32,35,39). The van der Waals surface area contributed by atoms with Gasteiger partial charge in [-0.05, 0) is 83.9 Å². The van der Waals surface area contributed by atoms with Crippen molar-refractivity contribution in [3.8, 4) is 0 Å². The summed E-state index contributed by atoms with van der Waals surface area (Å²) in [6.07, 6.45) is 4.41. The molecule has 1 amide bonds. The van der Waals surface area contributed by atoms with Crippen molar-refractivity contribution in [2.45, 2.75) is 19.5 Å². The van der Waals surface area contributed by atoms with Gasteiger partial charge in [-0.3, -0.25) is 4.79 Å². The molecule has 1 aliphatic rings. The second-order valence-electron chi connectivity index (χ2n) is 9.54. The minimum atomic E-state index is 0.00648. The molecule has 0 bridgehead atoms. The highest BCUT2D eigenvalue weighted by Gasteiger charge is 2.24. The summed E-state index contributed by atoms with van der Waals surface area (Å²) < 4.78 is 1.75. The van der Waals surface area contributed by atoms with Crippen molar-refractivity contribution in [2.75, 3.05) is 17.2 Å². The van der Waals surface area contributed by atoms with Crippen LogP contribution >= 0.6 is 12.2 Å². The number of hydrogen-bond donors (Lipinski definition) is 3. The highest BCUT2D eigenvalue weighted by molar-refractivity contribution is 7.80. The van der Waals surface area contributed by atoms with Gasteiger partial charge >= 0.3 is 0 Å². The topological polar surface area (TPSA) is 73.7 Å². The first-order valence-electron chi connectivity index (χ1n) is 12.9. The smallest absolute Gasteiger partial charge is 0.258 e. The summed E-state index contributed by atoms with van der Waals surface area (Å²) in [5.41, 5.74) is 7.87. The van der Waals surface area contributed by atoms with Gasteiger partial charge in [-0.1, -0.05) is 42.5 Å². The summed E-state index contributed by atoms with van der Waals surface area (Å²) in [5, 5.41) is 14.8. The van der Waals surface area contributed by atoms with Crippen LogP contribution in [0.25, 0.3) is 5.52 Å². The minimum absolute atomic E-state index is 0.00648. The van der Waals surface area contributed by atoms with Gasteiger partial charge in [0, 0.05) is 42.9 Å². The maximum Gasteiger partial charge on any atom is 0.258 e. The quantitative estimate of drug-likeness (QED) is 0.242. The number of para-hydroxylation sites is 1. The van der Waals surface area contributed by atoms with E-state index in [2.05, 4.69) is 39.2 Å². The van der Waals surface area contributed by atoms with Crippen LogP contribution in [0.1, 0.15) is 27.0 Å². The zero-order valence-corrected chi connectivity index (χ0v) is 22.1. The molecule has 0 fully saturated rings. The van der Waals surface area contributed by atoms with Crippen molar-refractivity contribution in [1.29, 1.82) is 0 Å². The fourth-order valence-electron chi connectivity index (χ4n) is 4.82. The summed E-state index contributed by atoms with van der Waals surface area (Å²) in [6.45, 7) is 1.85. The van der Waals surface area contributed by atoms with E-state index in [0.717, 1.165) is 34.6 Å². The Labute approximate surface area is 232 Å². The number of aromatic nitrogens is 2. The first-order chi connectivity index (χ1) is 19.1. The van der Waals surface area contributed by atoms with E-state index in [4.69, 9.17) is 12.2 Å². The molecule has 0 saturated carbocycles. The van der Waals surface area contributed by atoms with Crippen LogP contribution in [0, 0.1) is 0 Å². The Hall–Kier alpha value is -4.69. The molecule has 0 saturated heterocycles. The number of rotatable bonds is 6. The molecule has 2 aromatic heterocycles. The van der Waals surface area contributed by atoms with Crippen LogP contribution < -0.4 is 16.0 Å². The Morgan fingerprint density at radius 2 is 1.59 bits per heavy atom. The van der Waals surface area contributed by atoms with E-state index >= 15 is 0 Å². The molecule has 5 aromatic rings. The molecular formula is C31H28N6OS. The monoisotopic (exact) mass is 532 g/mol. The summed E-state index contributed by atoms with van der Waals surface area (Å²) in [4.78, 5) is 15.3. The molecule has 3 heterocycles. The van der Waals surface area contributed by atoms with Crippen molar-refractivity contribution in [3.63, 3.8) is 0 Å². The number of nitrogens with one attached hydrogen (secondary N) is 3. The summed E-state index contributed by atoms with van der Waals surface area (Å²) >= 11 is 5.52. The van der Waals surface area contributed by atoms with Crippen LogP contribution in [0.5, 0.6) is 0 Å². The SMILES string of the molecule is O=C(c1cnn2ccc(CNC(=S)Nc3ccc(Nc4ccccc4)cc3)cc12)N1CCc2ccccc2C1. The summed E-state index contributed by atoms with van der Waals surface area (Å²) in [7, 11) is 0. The number of carbonyl (C=O) groups excluding carboxylic acids is 1. The molecule has 7 nitrogen and oxygen atoms in total. The molecule has 3 aromatic carbocycles. The maximum absolute atomic E-state index is 13.4. The molecule has 1 aliphatic heterocycles. The van der Waals surface area contributed by atoms with E-state index in [1.807, 2.05) is 83.9 Å². The molecule has 0 spiro atoms. The zero-order valence-electron chi connectivity index (χ0n) is 21.3. The number of carbonyl (C=O) groups is 1. The average Bonchev–Trinajstić information content (AvgIpc) is 3.40. The third-order valence-electron chi connectivity index (χ3n) is 6.89. The lowest BCUT2D eigenvalue weighted by molar-refractivity contribution is 0.0736. The Kier molecular flexibility index (Phi) is 6.93. The molecule has 194 valence electrons. The van der Waals surface area contributed by atoms with Crippen LogP contribution in [-0.4, -0.2) is 32.1 Å². The van der Waals surface area contributed by atoms with Crippen molar-refractivity contribution in [2.24, 2.45) is 0 Å². The largest absolute Gasteiger partial charge is 0.358 e. The van der Waals surface area contributed by atoms with Gasteiger partial charge in [-0.15, -0.1) is 0 Å². The van der Waals surface area contributed by atoms with Gasteiger partial charge in [-0.2, -0.15) is 5.10 Å². The number of anilines is 3. The first-order valence-corrected chi connectivity index (χ1v) is 13.3. The second-order valence-corrected chi connectivity index (χ2v) is 9.95. The fourth-order valence-corrected chi connectivity index (χ4v) is 5.01. The highest BCUT2D eigenvalue weighted by atomic mass is 32.1. The Morgan fingerprint density at radius 3 is 2.41 bits per heavy atom. The molecule has 0 unspecified atom stereocenters. The predicted octanol–water partition coefficient (Wildman–Crippen LogP) is 5.76. The van der Waals surface area contributed by atoms with E-state index in [9.17, 15) is 4.79 Å². The molecule has 0 radical (unpaired) electrons. The Bertz CT molecular complexity index is 1630. The molecule has 3 N–H and O–H groups in total. The van der Waals surface area contributed by atoms with E-state index in [1.165, 1.54) is 11.1 Å². The minimum Gasteiger partial charge on any atom is -0.358 e. The van der Waals surface area contributed by atoms with Crippen molar-refractivity contribution in [3.05, 3.63) is 126 Å². The number of pyridine rings is 1. The van der Waals surface area contributed by atoms with Gasteiger partial charge in [0.15, 0.2) is 5.11 Å². The van der Waals surface area contributed by atoms with Crippen LogP contribution in [0.2, 0.25) is 0 Å². The maximum atomic E-state index is 13.4. The number of fused-ring (bicyclic) bond motifs is 2. The van der Waals surface area contributed by atoms with Crippen LogP contribution in [0.15, 0.2) is 103 Å². The van der Waals surface area contributed by atoms with Gasteiger partial charge in [0.1, 0.15) is 0 Å². The van der Waals surface area contributed by atoms with Gasteiger partial charge in [-0.25, -0.2) is 4.52 Å². The molecule has 6 rings (SSSR count). The van der Waals surface area contributed by atoms with Gasteiger partial charge in [0.25, 0.3) is 5.91 Å². The normalized spacial score (nSPS) is 12.6. The van der Waals surface area contributed by atoms with E-state index in [1.54, 1.807) is 10.7 Å². The second kappa shape index (κ2) is 11.0. The third kappa shape index (κ3) is 5.61. The number of thiocarbonyl (C=S) groups is 1. The predicted molar refractivity (Wildman–Crippen MR) is 159 cm³/mol. The number of benzene rings is 3. The molecular weight excluding hydrogens is 504 g/mol. The summed E-state index contributed by atoms with van der Waals surface area (Å²) in [5.74, 6) is 0.00648. The third-order valence-corrected chi connectivity index (χ3v) is 7.14. The molecule has 8 heteroatoms. The lowest BCUT2D eigenvalue weighted by Crippen LogP contribution is -2.35. The number of hydrogen-bond acceptors (Lipinski definition) is 4. The highest BCUT2D eigenvalue weighted by Crippen LogP contribution is 2.23. The van der Waals surface area contributed by atoms with Gasteiger partial charge < -0.3 is 20.9 Å². The lowest BCUT2D eigenvalue weighted by Gasteiger charge is -2.28. The van der Waals surface area contributed by atoms with Crippen molar-refractivity contribution in [1.82, 2.24) is 19.8 Å². The van der Waals surface area contributed by atoms with Crippen molar-refractivity contribution < 1.29 is 4.79 Å². The van der Waals surface area contributed by atoms with Gasteiger partial charge in [0.05, 0.1) is 17.3 Å². The lowest BCUT2D eigenvalue weighted by atomic mass is 9.99. The fraction of sp³-hybridized carbons (Fsp3) is 0.129. The molecule has 0 aliphatic carbocycles. The van der Waals surface area contributed by atoms with Crippen molar-refractivity contribution >= 4 is 45.8 Å². The average molecular weight is 533 g/mol. The summed E-state index contributed by atoms with van der Waals surface area (Å²) in [6, 6.07) is 30.3. The first kappa shape index (κ1) is 24.6. The zero-order chi connectivity index (χ0) is 26.6. The van der Waals surface area contributed by atoms with E-state index in [0.29, 0.717) is 30.3 Å². The van der Waals surface area contributed by atoms with E-state index in [-0.39, 0.29) is 5.91 Å². The Balaban J connectivity index is 1.07. The van der Waals surface area contributed by atoms with Crippen LogP contribution in [-0.2, 0) is 19.5 Å². The molecule has 39 heavy (non-hydrogen) atoms.